The van der Waals surface area contributed by atoms with E-state index in [1.165, 1.54) is 0 Å². The monoisotopic (exact) mass is 269 g/mol. The molecule has 1 aliphatic rings. The molecular formula is C15H31N3O. The molecule has 1 amide bonds. The van der Waals surface area contributed by atoms with Crippen LogP contribution in [0.15, 0.2) is 0 Å². The van der Waals surface area contributed by atoms with Gasteiger partial charge in [-0.1, -0.05) is 0 Å². The normalized spacial score (nSPS) is 24.2. The zero-order valence-electron chi connectivity index (χ0n) is 13.2. The highest BCUT2D eigenvalue weighted by molar-refractivity contribution is 5.79. The summed E-state index contributed by atoms with van der Waals surface area (Å²) in [7, 11) is 0. The van der Waals surface area contributed by atoms with Crippen LogP contribution in [0, 0.1) is 5.92 Å². The quantitative estimate of drug-likeness (QED) is 0.770. The lowest BCUT2D eigenvalue weighted by Gasteiger charge is -2.32. The molecule has 0 saturated carbocycles. The van der Waals surface area contributed by atoms with Gasteiger partial charge < -0.3 is 10.6 Å². The van der Waals surface area contributed by atoms with Crippen LogP contribution >= 0.6 is 0 Å². The second kappa shape index (κ2) is 7.85. The van der Waals surface area contributed by atoms with Crippen molar-refractivity contribution in [3.63, 3.8) is 0 Å². The highest BCUT2D eigenvalue weighted by Crippen LogP contribution is 2.16. The molecular weight excluding hydrogens is 238 g/mol. The summed E-state index contributed by atoms with van der Waals surface area (Å²) in [6, 6.07) is 1.35. The lowest BCUT2D eigenvalue weighted by atomic mass is 9.91. The number of carbonyl (C=O) groups excluding carboxylic acids is 1. The fraction of sp³-hybridized carbons (Fsp3) is 0.933. The van der Waals surface area contributed by atoms with E-state index in [9.17, 15) is 4.79 Å². The molecule has 0 aromatic heterocycles. The molecule has 1 saturated heterocycles. The minimum Gasteiger partial charge on any atom is -0.355 e. The Kier molecular flexibility index (Phi) is 6.80. The van der Waals surface area contributed by atoms with E-state index < -0.39 is 0 Å². The number of nitrogens with zero attached hydrogens (tertiary/aromatic N) is 1. The maximum atomic E-state index is 12.2. The van der Waals surface area contributed by atoms with Gasteiger partial charge >= 0.3 is 0 Å². The molecule has 0 aromatic carbocycles. The van der Waals surface area contributed by atoms with Gasteiger partial charge in [-0.25, -0.2) is 0 Å². The molecule has 1 fully saturated rings. The Labute approximate surface area is 118 Å². The van der Waals surface area contributed by atoms with Crippen LogP contribution in [0.3, 0.4) is 0 Å². The van der Waals surface area contributed by atoms with Gasteiger partial charge in [-0.3, -0.25) is 9.69 Å². The molecule has 2 N–H and O–H groups in total. The Morgan fingerprint density at radius 2 is 1.95 bits per heavy atom. The molecule has 2 unspecified atom stereocenters. The lowest BCUT2D eigenvalue weighted by Crippen LogP contribution is -2.48. The number of rotatable bonds is 6. The van der Waals surface area contributed by atoms with Crippen LogP contribution in [-0.4, -0.2) is 48.6 Å². The lowest BCUT2D eigenvalue weighted by molar-refractivity contribution is -0.126. The van der Waals surface area contributed by atoms with Crippen LogP contribution in [-0.2, 0) is 4.79 Å². The first-order valence-electron chi connectivity index (χ1n) is 7.70. The zero-order valence-corrected chi connectivity index (χ0v) is 13.2. The van der Waals surface area contributed by atoms with Gasteiger partial charge in [0.05, 0.1) is 5.92 Å². The Morgan fingerprint density at radius 3 is 2.47 bits per heavy atom. The summed E-state index contributed by atoms with van der Waals surface area (Å²) >= 11 is 0. The molecule has 0 aliphatic carbocycles. The Bertz CT molecular complexity index is 271. The highest BCUT2D eigenvalue weighted by atomic mass is 16.1. The Balaban J connectivity index is 2.33. The van der Waals surface area contributed by atoms with Crippen LogP contribution in [0.5, 0.6) is 0 Å². The van der Waals surface area contributed by atoms with Gasteiger partial charge in [0, 0.05) is 31.2 Å². The van der Waals surface area contributed by atoms with Crippen molar-refractivity contribution in [2.24, 2.45) is 5.92 Å². The van der Waals surface area contributed by atoms with Crippen LogP contribution in [0.25, 0.3) is 0 Å². The predicted octanol–water partition coefficient (Wildman–Crippen LogP) is 1.61. The molecule has 2 atom stereocenters. The third kappa shape index (κ3) is 5.11. The molecule has 4 heteroatoms. The average molecular weight is 269 g/mol. The maximum absolute atomic E-state index is 12.2. The summed E-state index contributed by atoms with van der Waals surface area (Å²) in [4.78, 5) is 14.6. The van der Waals surface area contributed by atoms with Gasteiger partial charge in [0.25, 0.3) is 0 Å². The largest absolute Gasteiger partial charge is 0.355 e. The molecule has 1 rings (SSSR count). The number of hydrogen-bond donors (Lipinski definition) is 2. The fourth-order valence-corrected chi connectivity index (χ4v) is 2.95. The van der Waals surface area contributed by atoms with E-state index in [0.29, 0.717) is 18.1 Å². The maximum Gasteiger partial charge on any atom is 0.224 e. The van der Waals surface area contributed by atoms with Crippen molar-refractivity contribution in [2.75, 3.05) is 19.6 Å². The van der Waals surface area contributed by atoms with Gasteiger partial charge in [0.2, 0.25) is 5.91 Å². The van der Waals surface area contributed by atoms with Crippen LogP contribution < -0.4 is 10.6 Å². The summed E-state index contributed by atoms with van der Waals surface area (Å²) in [5.74, 6) is 0.354. The summed E-state index contributed by atoms with van der Waals surface area (Å²) in [5.41, 5.74) is 0. The van der Waals surface area contributed by atoms with Crippen LogP contribution in [0.1, 0.15) is 47.5 Å². The first kappa shape index (κ1) is 16.4. The van der Waals surface area contributed by atoms with E-state index in [0.717, 1.165) is 32.5 Å². The van der Waals surface area contributed by atoms with Crippen molar-refractivity contribution in [1.29, 1.82) is 0 Å². The zero-order chi connectivity index (χ0) is 14.4. The van der Waals surface area contributed by atoms with Crippen molar-refractivity contribution in [2.45, 2.75) is 65.6 Å². The predicted molar refractivity (Wildman–Crippen MR) is 80.2 cm³/mol. The number of nitrogens with one attached hydrogen (secondary N) is 2. The summed E-state index contributed by atoms with van der Waals surface area (Å²) in [5, 5.41) is 6.48. The highest BCUT2D eigenvalue weighted by Gasteiger charge is 2.27. The molecule has 1 aliphatic heterocycles. The number of carbonyl (C=O) groups is 1. The SMILES string of the molecule is CC1NCCCC1C(=O)NCCN(C(C)C)C(C)C. The second-order valence-corrected chi connectivity index (χ2v) is 6.21. The van der Waals surface area contributed by atoms with Crippen molar-refractivity contribution < 1.29 is 4.79 Å². The van der Waals surface area contributed by atoms with Gasteiger partial charge in [0.15, 0.2) is 0 Å². The fourth-order valence-electron chi connectivity index (χ4n) is 2.95. The molecule has 0 bridgehead atoms. The minimum atomic E-state index is 0.139. The standard InChI is InChI=1S/C15H31N3O/c1-11(2)18(12(3)4)10-9-17-15(19)14-7-6-8-16-13(14)5/h11-14,16H,6-10H2,1-5H3,(H,17,19). The first-order valence-corrected chi connectivity index (χ1v) is 7.70. The second-order valence-electron chi connectivity index (χ2n) is 6.21. The Hall–Kier alpha value is -0.610. The molecule has 0 aromatic rings. The number of hydrogen-bond acceptors (Lipinski definition) is 3. The third-order valence-electron chi connectivity index (χ3n) is 4.09. The van der Waals surface area contributed by atoms with Crippen molar-refractivity contribution in [3.05, 3.63) is 0 Å². The van der Waals surface area contributed by atoms with Gasteiger partial charge in [-0.2, -0.15) is 0 Å². The topological polar surface area (TPSA) is 44.4 Å². The van der Waals surface area contributed by atoms with Gasteiger partial charge in [0.1, 0.15) is 0 Å². The van der Waals surface area contributed by atoms with Crippen LogP contribution in [0.4, 0.5) is 0 Å². The summed E-state index contributed by atoms with van der Waals surface area (Å²) in [6.07, 6.45) is 2.12. The van der Waals surface area contributed by atoms with Crippen molar-refractivity contribution in [1.82, 2.24) is 15.5 Å². The van der Waals surface area contributed by atoms with E-state index in [1.54, 1.807) is 0 Å². The molecule has 112 valence electrons. The smallest absolute Gasteiger partial charge is 0.224 e. The molecule has 0 radical (unpaired) electrons. The van der Waals surface area contributed by atoms with Gasteiger partial charge in [-0.15, -0.1) is 0 Å². The van der Waals surface area contributed by atoms with E-state index in [2.05, 4.69) is 50.2 Å². The third-order valence-corrected chi connectivity index (χ3v) is 4.09. The van der Waals surface area contributed by atoms with E-state index in [4.69, 9.17) is 0 Å². The number of piperidine rings is 1. The molecule has 19 heavy (non-hydrogen) atoms. The van der Waals surface area contributed by atoms with E-state index >= 15 is 0 Å². The average Bonchev–Trinajstić information content (AvgIpc) is 2.33. The van der Waals surface area contributed by atoms with Crippen LogP contribution in [0.2, 0.25) is 0 Å². The summed E-state index contributed by atoms with van der Waals surface area (Å²) in [6.45, 7) is 13.6. The van der Waals surface area contributed by atoms with E-state index in [1.807, 2.05) is 0 Å². The summed E-state index contributed by atoms with van der Waals surface area (Å²) < 4.78 is 0. The molecule has 0 spiro atoms. The minimum absolute atomic E-state index is 0.139. The van der Waals surface area contributed by atoms with Gasteiger partial charge in [-0.05, 0) is 54.0 Å². The molecule has 1 heterocycles. The Morgan fingerprint density at radius 1 is 1.32 bits per heavy atom. The molecule has 4 nitrogen and oxygen atoms in total. The van der Waals surface area contributed by atoms with Crippen molar-refractivity contribution in [3.8, 4) is 0 Å². The van der Waals surface area contributed by atoms with E-state index in [-0.39, 0.29) is 11.8 Å². The number of amides is 1. The first-order chi connectivity index (χ1) is 8.93. The van der Waals surface area contributed by atoms with Crippen molar-refractivity contribution >= 4 is 5.91 Å².